The van der Waals surface area contributed by atoms with Gasteiger partial charge < -0.3 is 109 Å². The molecular formula is C89H114F2N16O19S. The van der Waals surface area contributed by atoms with Crippen LogP contribution in [0.1, 0.15) is 106 Å². The fourth-order valence-corrected chi connectivity index (χ4v) is 16.7. The highest BCUT2D eigenvalue weighted by molar-refractivity contribution is 8.00. The van der Waals surface area contributed by atoms with Crippen molar-refractivity contribution in [2.75, 3.05) is 58.8 Å². The van der Waals surface area contributed by atoms with Crippen molar-refractivity contribution in [3.63, 3.8) is 0 Å². The van der Waals surface area contributed by atoms with E-state index >= 15 is 47.5 Å². The molecule has 15 atom stereocenters. The van der Waals surface area contributed by atoms with Gasteiger partial charge in [-0.1, -0.05) is 131 Å². The van der Waals surface area contributed by atoms with Gasteiger partial charge in [0.1, 0.15) is 84.5 Å². The summed E-state index contributed by atoms with van der Waals surface area (Å²) in [7, 11) is 3.79. The van der Waals surface area contributed by atoms with E-state index in [0.717, 1.165) is 48.4 Å². The number of thioether (sulfide) groups is 1. The van der Waals surface area contributed by atoms with Crippen LogP contribution in [0.3, 0.4) is 0 Å². The third kappa shape index (κ3) is 26.9. The van der Waals surface area contributed by atoms with Crippen LogP contribution in [0.4, 0.5) is 8.78 Å². The molecule has 0 aliphatic carbocycles. The predicted octanol–water partition coefficient (Wildman–Crippen LogP) is 0.302. The highest BCUT2D eigenvalue weighted by atomic mass is 32.2. The fourth-order valence-electron chi connectivity index (χ4n) is 15.9. The number of phenolic OH excluding ortho intramolecular Hbond substituents is 1. The van der Waals surface area contributed by atoms with Crippen LogP contribution in [0.2, 0.25) is 0 Å². The molecule has 3 saturated heterocycles. The molecule has 0 unspecified atom stereocenters. The van der Waals surface area contributed by atoms with Crippen LogP contribution >= 0.6 is 11.8 Å². The summed E-state index contributed by atoms with van der Waals surface area (Å²) in [5.74, 6) is -18.6. The molecule has 35 nitrogen and oxygen atoms in total. The highest BCUT2D eigenvalue weighted by Gasteiger charge is 2.48. The molecule has 17 N–H and O–H groups in total. The molecular weight excluding hydrogens is 1670 g/mol. The van der Waals surface area contributed by atoms with Gasteiger partial charge in [0, 0.05) is 102 Å². The number of aliphatic hydroxyl groups is 2. The number of H-pyrrole nitrogens is 1. The van der Waals surface area contributed by atoms with Gasteiger partial charge in [-0.05, 0) is 103 Å². The van der Waals surface area contributed by atoms with Gasteiger partial charge in [0.25, 0.3) is 0 Å². The molecule has 0 saturated carbocycles. The summed E-state index contributed by atoms with van der Waals surface area (Å²) < 4.78 is 29.6. The van der Waals surface area contributed by atoms with E-state index in [1.165, 1.54) is 65.3 Å². The Bertz CT molecular complexity index is 4880. The van der Waals surface area contributed by atoms with Crippen LogP contribution in [0.5, 0.6) is 5.75 Å². The Morgan fingerprint density at radius 3 is 1.61 bits per heavy atom. The van der Waals surface area contributed by atoms with E-state index in [-0.39, 0.29) is 87.9 Å². The minimum atomic E-state index is -2.00. The minimum Gasteiger partial charge on any atom is -0.508 e. The number of carboxylic acids is 1. The molecule has 0 bridgehead atoms. The second-order valence-electron chi connectivity index (χ2n) is 32.6. The first-order valence-corrected chi connectivity index (χ1v) is 43.5. The summed E-state index contributed by atoms with van der Waals surface area (Å²) in [5.41, 5.74) is 14.6. The smallest absolute Gasteiger partial charge is 0.305 e. The Labute approximate surface area is 737 Å². The van der Waals surface area contributed by atoms with E-state index < -0.39 is 236 Å². The molecule has 3 aliphatic rings. The lowest BCUT2D eigenvalue weighted by atomic mass is 9.98. The van der Waals surface area contributed by atoms with Gasteiger partial charge in [0.15, 0.2) is 11.6 Å². The van der Waals surface area contributed by atoms with E-state index in [2.05, 4.69) is 47.5 Å². The number of para-hydroxylation sites is 1. The number of aromatic nitrogens is 1. The average molecular weight is 1780 g/mol. The third-order valence-corrected chi connectivity index (χ3v) is 23.9. The van der Waals surface area contributed by atoms with E-state index in [1.807, 2.05) is 0 Å². The topological polar surface area (TPSA) is 517 Å². The van der Waals surface area contributed by atoms with Crippen molar-refractivity contribution < 1.29 is 101 Å². The number of aliphatic hydroxyl groups excluding tert-OH is 2. The summed E-state index contributed by atoms with van der Waals surface area (Å²) in [5, 5.41) is 65.2. The number of carbonyl (C=O) groups is 15. The zero-order chi connectivity index (χ0) is 92.5. The first-order chi connectivity index (χ1) is 60.6. The number of hydrogen-bond acceptors (Lipinski definition) is 21. The number of amides is 13. The summed E-state index contributed by atoms with van der Waals surface area (Å²) in [6.45, 7) is 3.59. The predicted molar refractivity (Wildman–Crippen MR) is 464 cm³/mol. The van der Waals surface area contributed by atoms with E-state index in [1.54, 1.807) is 98.0 Å². The highest BCUT2D eigenvalue weighted by Crippen LogP contribution is 2.28. The maximum atomic E-state index is 15.6. The molecule has 13 amide bonds. The maximum Gasteiger partial charge on any atom is 0.305 e. The molecule has 38 heteroatoms. The van der Waals surface area contributed by atoms with Crippen molar-refractivity contribution in [1.29, 1.82) is 0 Å². The first kappa shape index (κ1) is 98.5. The quantitative estimate of drug-likeness (QED) is 0.0407. The standard InChI is InChI=1S/C89H114F2N16O19S/c1-7-8-25-70-88(125)107-46-59(111)42-73(107)84(121)101-68(43-76(113)114)81(118)102-77(50(2)3)89(126)104(5)71(38-51-18-11-9-12-19-51)82(119)98-65(32-34-93)86(123)106-45-58(110)41-72(106)83(120)100-67(40-55-44-94-63-23-16-15-22-60(55)63)80(117)99-66(36-53-26-29-57(109)30-27-53)79(116)97-64(24-17-33-92)78(115)95-56(47-108)48-127-49-75(112)96-69(37-54-28-31-61(90)62(91)35-54)85(122)105(6)74(87(124)103(70)4)39-52-20-13-10-14-21-52/h9-16,18-23,26-31,35,44,47,50,56,58-59,64-74,77,94,109-111H,7-8,17,24-25,32-34,36-43,45-46,48-49,92-93H2,1-6H3,(H,95,115)(H,96,112)(H,97,116)(H,98,119)(H,99,117)(H,100,120)(H,101,121)(H,102,118)(H,113,114)/t56-,58-,59-,64+,65+,66+,67+,68+,69+,70+,71-,72-,73-,74+,77+/m1/s1. The number of nitrogens with one attached hydrogen (secondary N) is 9. The Morgan fingerprint density at radius 2 is 1.02 bits per heavy atom. The largest absolute Gasteiger partial charge is 0.508 e. The zero-order valence-electron chi connectivity index (χ0n) is 71.6. The molecule has 1 aromatic heterocycles. The van der Waals surface area contributed by atoms with Crippen LogP contribution < -0.4 is 54.0 Å². The monoisotopic (exact) mass is 1780 g/mol. The number of nitrogens with two attached hydrogens (primary N) is 2. The minimum absolute atomic E-state index is 0.00309. The number of unbranched alkanes of at least 4 members (excludes halogenated alkanes) is 1. The molecule has 0 radical (unpaired) electrons. The van der Waals surface area contributed by atoms with Crippen LogP contribution in [0.15, 0.2) is 134 Å². The normalized spacial score (nSPS) is 25.3. The third-order valence-electron chi connectivity index (χ3n) is 22.9. The molecule has 4 heterocycles. The summed E-state index contributed by atoms with van der Waals surface area (Å²) in [4.78, 5) is 230. The molecule has 127 heavy (non-hydrogen) atoms. The molecule has 0 spiro atoms. The van der Waals surface area contributed by atoms with Gasteiger partial charge in [-0.3, -0.25) is 67.1 Å². The SMILES string of the molecule is CCCC[C@H]1C(=O)N2C[C@H](O)C[C@@H]2C(=O)N[C@@H](CC(=O)O)C(=O)N[C@@H](C(C)C)C(=O)N(C)[C@H](Cc2ccccc2)C(=O)N[C@@H](CCN)C(=O)N2C[C@H](O)C[C@@H]2C(=O)N[C@@H](Cc2c[nH]c3ccccc23)C(=O)N[C@@H](Cc2ccc(O)cc2)C(=O)N[C@@H](CCCN)C(=O)N[C@H](C=O)CSCC(=O)N[C@@H](Cc2ccc(F)c(F)c2)C(=O)N(C)[C@@H](Cc2ccccc2)C(=O)N1C. The number of likely N-dealkylation sites (N-methyl/N-ethyl adjacent to an activating group) is 3. The second-order valence-corrected chi connectivity index (χ2v) is 33.7. The van der Waals surface area contributed by atoms with Crippen molar-refractivity contribution in [2.24, 2.45) is 17.4 Å². The number of carbonyl (C=O) groups excluding carboxylic acids is 14. The summed E-state index contributed by atoms with van der Waals surface area (Å²) in [6, 6.07) is 11.3. The van der Waals surface area contributed by atoms with Gasteiger partial charge in [0.05, 0.1) is 30.4 Å². The number of hydrogen-bond donors (Lipinski definition) is 15. The maximum absolute atomic E-state index is 15.6. The lowest BCUT2D eigenvalue weighted by Crippen LogP contribution is -2.62. The number of nitrogens with zero attached hydrogens (tertiary/aromatic N) is 5. The molecule has 3 aliphatic heterocycles. The molecule has 6 aromatic rings. The summed E-state index contributed by atoms with van der Waals surface area (Å²) >= 11 is 0.803. The summed E-state index contributed by atoms with van der Waals surface area (Å²) in [6.07, 6.45) is -4.07. The van der Waals surface area contributed by atoms with Gasteiger partial charge in [-0.15, -0.1) is 11.8 Å². The Kier molecular flexibility index (Phi) is 36.3. The Balaban J connectivity index is 1.10. The number of carboxylic acid groups (broad SMARTS) is 1. The molecule has 9 rings (SSSR count). The van der Waals surface area contributed by atoms with Gasteiger partial charge in [-0.2, -0.15) is 0 Å². The second kappa shape index (κ2) is 46.8. The molecule has 3 fully saturated rings. The van der Waals surface area contributed by atoms with Crippen molar-refractivity contribution in [2.45, 2.75) is 201 Å². The number of benzene rings is 5. The number of phenols is 1. The lowest BCUT2D eigenvalue weighted by molar-refractivity contribution is -0.152. The Hall–Kier alpha value is -12.3. The van der Waals surface area contributed by atoms with Crippen molar-refractivity contribution in [3.05, 3.63) is 173 Å². The number of rotatable bonds is 22. The van der Waals surface area contributed by atoms with Crippen LogP contribution in [0, 0.1) is 17.6 Å². The van der Waals surface area contributed by atoms with E-state index in [0.29, 0.717) is 45.9 Å². The van der Waals surface area contributed by atoms with Gasteiger partial charge in [0.2, 0.25) is 76.8 Å². The van der Waals surface area contributed by atoms with Gasteiger partial charge in [-0.25, -0.2) is 8.78 Å². The fraction of sp³-hybridized carbons (Fsp3) is 0.472. The number of aliphatic carboxylic acids is 1. The van der Waals surface area contributed by atoms with Crippen molar-refractivity contribution >= 4 is 112 Å². The van der Waals surface area contributed by atoms with Crippen molar-refractivity contribution in [3.8, 4) is 5.75 Å². The number of aldehydes is 1. The number of aromatic amines is 1. The van der Waals surface area contributed by atoms with Crippen molar-refractivity contribution in [1.82, 2.24) is 72.0 Å². The number of halogens is 2. The number of fused-ring (bicyclic) bond motifs is 3. The van der Waals surface area contributed by atoms with Crippen LogP contribution in [0.25, 0.3) is 10.9 Å². The molecule has 684 valence electrons. The molecule has 5 aromatic carbocycles. The van der Waals surface area contributed by atoms with Crippen LogP contribution in [-0.2, 0) is 104 Å². The first-order valence-electron chi connectivity index (χ1n) is 42.3. The average Bonchev–Trinajstić information content (AvgIpc) is 1.77. The number of aromatic hydroxyl groups is 1. The zero-order valence-corrected chi connectivity index (χ0v) is 72.4. The Morgan fingerprint density at radius 1 is 0.504 bits per heavy atom. The lowest BCUT2D eigenvalue weighted by Gasteiger charge is -2.38. The van der Waals surface area contributed by atoms with Crippen LogP contribution in [-0.4, -0.2) is 289 Å². The van der Waals surface area contributed by atoms with E-state index in [9.17, 15) is 53.6 Å². The van der Waals surface area contributed by atoms with Gasteiger partial charge >= 0.3 is 5.97 Å². The van der Waals surface area contributed by atoms with E-state index in [4.69, 9.17) is 11.5 Å².